The third kappa shape index (κ3) is 2.67. The first-order chi connectivity index (χ1) is 12.2. The first kappa shape index (κ1) is 16.8. The molecule has 25 heavy (non-hydrogen) atoms. The van der Waals surface area contributed by atoms with Crippen LogP contribution in [0.5, 0.6) is 28.7 Å². The Morgan fingerprint density at radius 3 is 1.76 bits per heavy atom. The van der Waals surface area contributed by atoms with Crippen LogP contribution in [0.4, 0.5) is 0 Å². The second-order valence-electron chi connectivity index (χ2n) is 5.40. The predicted octanol–water partition coefficient (Wildman–Crippen LogP) is 4.25. The fourth-order valence-electron chi connectivity index (χ4n) is 3.04. The predicted molar refractivity (Wildman–Crippen MR) is 97.3 cm³/mol. The van der Waals surface area contributed by atoms with E-state index in [0.29, 0.717) is 39.5 Å². The van der Waals surface area contributed by atoms with Crippen molar-refractivity contribution in [3.05, 3.63) is 42.5 Å². The van der Waals surface area contributed by atoms with E-state index in [-0.39, 0.29) is 5.75 Å². The Labute approximate surface area is 146 Å². The summed E-state index contributed by atoms with van der Waals surface area (Å²) in [6, 6.07) is 12.8. The smallest absolute Gasteiger partial charge is 0.135 e. The number of methoxy groups -OCH3 is 4. The first-order valence-corrected chi connectivity index (χ1v) is 7.74. The van der Waals surface area contributed by atoms with Gasteiger partial charge in [-0.3, -0.25) is 0 Å². The molecule has 5 heteroatoms. The molecule has 0 aliphatic rings. The van der Waals surface area contributed by atoms with Crippen molar-refractivity contribution in [2.45, 2.75) is 0 Å². The Kier molecular flexibility index (Phi) is 4.57. The van der Waals surface area contributed by atoms with Gasteiger partial charge in [0.05, 0.1) is 39.4 Å². The third-order valence-electron chi connectivity index (χ3n) is 4.20. The number of rotatable bonds is 5. The number of phenolic OH excluding ortho intramolecular Hbond substituents is 1. The van der Waals surface area contributed by atoms with Gasteiger partial charge < -0.3 is 24.1 Å². The van der Waals surface area contributed by atoms with Crippen LogP contribution < -0.4 is 18.9 Å². The van der Waals surface area contributed by atoms with Gasteiger partial charge in [-0.2, -0.15) is 0 Å². The average Bonchev–Trinajstić information content (AvgIpc) is 2.67. The van der Waals surface area contributed by atoms with Gasteiger partial charge in [-0.25, -0.2) is 0 Å². The highest BCUT2D eigenvalue weighted by molar-refractivity contribution is 6.03. The molecule has 0 spiro atoms. The van der Waals surface area contributed by atoms with Crippen molar-refractivity contribution in [3.8, 4) is 39.9 Å². The van der Waals surface area contributed by atoms with E-state index in [1.165, 1.54) is 0 Å². The topological polar surface area (TPSA) is 57.2 Å². The van der Waals surface area contributed by atoms with Crippen LogP contribution >= 0.6 is 0 Å². The molecule has 0 aliphatic carbocycles. The summed E-state index contributed by atoms with van der Waals surface area (Å²) in [6.45, 7) is 0. The number of fused-ring (bicyclic) bond motifs is 1. The molecule has 0 unspecified atom stereocenters. The number of aromatic hydroxyl groups is 1. The third-order valence-corrected chi connectivity index (χ3v) is 4.20. The van der Waals surface area contributed by atoms with Gasteiger partial charge in [-0.05, 0) is 24.3 Å². The minimum absolute atomic E-state index is 0.0797. The average molecular weight is 340 g/mol. The monoisotopic (exact) mass is 340 g/mol. The van der Waals surface area contributed by atoms with Crippen molar-refractivity contribution >= 4 is 10.8 Å². The quantitative estimate of drug-likeness (QED) is 0.752. The van der Waals surface area contributed by atoms with Gasteiger partial charge in [0.1, 0.15) is 28.7 Å². The number of benzene rings is 3. The molecule has 3 aromatic rings. The van der Waals surface area contributed by atoms with E-state index in [1.807, 2.05) is 30.3 Å². The van der Waals surface area contributed by atoms with E-state index in [9.17, 15) is 5.11 Å². The number of hydrogen-bond acceptors (Lipinski definition) is 5. The highest BCUT2D eigenvalue weighted by Crippen LogP contribution is 2.49. The Morgan fingerprint density at radius 2 is 1.20 bits per heavy atom. The molecular weight excluding hydrogens is 320 g/mol. The van der Waals surface area contributed by atoms with E-state index in [1.54, 1.807) is 40.6 Å². The van der Waals surface area contributed by atoms with E-state index >= 15 is 0 Å². The lowest BCUT2D eigenvalue weighted by atomic mass is 9.96. The summed E-state index contributed by atoms with van der Waals surface area (Å²) in [5, 5.41) is 12.4. The van der Waals surface area contributed by atoms with Crippen molar-refractivity contribution < 1.29 is 24.1 Å². The molecule has 0 radical (unpaired) electrons. The van der Waals surface area contributed by atoms with Gasteiger partial charge >= 0.3 is 0 Å². The summed E-state index contributed by atoms with van der Waals surface area (Å²) in [4.78, 5) is 0. The molecule has 3 aromatic carbocycles. The Balaban J connectivity index is 2.45. The summed E-state index contributed by atoms with van der Waals surface area (Å²) in [5.74, 6) is 2.44. The minimum Gasteiger partial charge on any atom is -0.506 e. The van der Waals surface area contributed by atoms with Crippen LogP contribution in [0.1, 0.15) is 0 Å². The summed E-state index contributed by atoms with van der Waals surface area (Å²) >= 11 is 0. The van der Waals surface area contributed by atoms with Crippen LogP contribution in [0.15, 0.2) is 42.5 Å². The normalized spacial score (nSPS) is 10.6. The van der Waals surface area contributed by atoms with Crippen molar-refractivity contribution in [1.82, 2.24) is 0 Å². The maximum absolute atomic E-state index is 11.0. The molecular formula is C20H20O5. The molecule has 130 valence electrons. The number of phenols is 1. The van der Waals surface area contributed by atoms with E-state index < -0.39 is 0 Å². The van der Waals surface area contributed by atoms with E-state index in [4.69, 9.17) is 18.9 Å². The summed E-state index contributed by atoms with van der Waals surface area (Å²) in [6.07, 6.45) is 0. The number of ether oxygens (including phenoxy) is 4. The zero-order chi connectivity index (χ0) is 18.0. The second kappa shape index (κ2) is 6.81. The van der Waals surface area contributed by atoms with Crippen molar-refractivity contribution in [1.29, 1.82) is 0 Å². The van der Waals surface area contributed by atoms with Crippen LogP contribution in [0.3, 0.4) is 0 Å². The van der Waals surface area contributed by atoms with Gasteiger partial charge in [0, 0.05) is 10.9 Å². The van der Waals surface area contributed by atoms with E-state index in [2.05, 4.69) is 0 Å². The lowest BCUT2D eigenvalue weighted by molar-refractivity contribution is 0.395. The molecule has 0 fully saturated rings. The van der Waals surface area contributed by atoms with Crippen LogP contribution in [-0.4, -0.2) is 33.5 Å². The van der Waals surface area contributed by atoms with Gasteiger partial charge in [0.15, 0.2) is 0 Å². The molecule has 0 bridgehead atoms. The van der Waals surface area contributed by atoms with Crippen molar-refractivity contribution in [3.63, 3.8) is 0 Å². The van der Waals surface area contributed by atoms with Gasteiger partial charge in [0.25, 0.3) is 0 Å². The highest BCUT2D eigenvalue weighted by atomic mass is 16.5. The largest absolute Gasteiger partial charge is 0.506 e. The van der Waals surface area contributed by atoms with Crippen molar-refractivity contribution in [2.75, 3.05) is 28.4 Å². The molecule has 0 aliphatic heterocycles. The lowest BCUT2D eigenvalue weighted by Gasteiger charge is -2.18. The molecule has 0 aromatic heterocycles. The summed E-state index contributed by atoms with van der Waals surface area (Å²) in [5.41, 5.74) is 1.19. The Hall–Kier alpha value is -3.08. The molecule has 3 rings (SSSR count). The molecule has 0 saturated carbocycles. The number of hydrogen-bond donors (Lipinski definition) is 1. The van der Waals surface area contributed by atoms with Gasteiger partial charge in [0.2, 0.25) is 0 Å². The second-order valence-corrected chi connectivity index (χ2v) is 5.40. The maximum atomic E-state index is 11.0. The van der Waals surface area contributed by atoms with Crippen LogP contribution in [-0.2, 0) is 0 Å². The fraction of sp³-hybridized carbons (Fsp3) is 0.200. The molecule has 0 heterocycles. The first-order valence-electron chi connectivity index (χ1n) is 7.74. The van der Waals surface area contributed by atoms with Gasteiger partial charge in [-0.15, -0.1) is 0 Å². The molecule has 5 nitrogen and oxygen atoms in total. The van der Waals surface area contributed by atoms with Crippen LogP contribution in [0.25, 0.3) is 21.9 Å². The fourth-order valence-corrected chi connectivity index (χ4v) is 3.04. The van der Waals surface area contributed by atoms with E-state index in [0.717, 1.165) is 5.39 Å². The SMILES string of the molecule is COc1cccc(OC)c1-c1cc(OC)c2cccc(OC)c2c1O. The zero-order valence-corrected chi connectivity index (χ0v) is 14.6. The standard InChI is InChI=1S/C20H20O5/c1-22-14-9-6-10-15(23-2)18(14)13-11-17(25-4)12-7-5-8-16(24-3)19(12)20(13)21/h5-11,21H,1-4H3. The lowest BCUT2D eigenvalue weighted by Crippen LogP contribution is -1.96. The summed E-state index contributed by atoms with van der Waals surface area (Å²) < 4.78 is 21.9. The Morgan fingerprint density at radius 1 is 0.680 bits per heavy atom. The van der Waals surface area contributed by atoms with Crippen molar-refractivity contribution in [2.24, 2.45) is 0 Å². The zero-order valence-electron chi connectivity index (χ0n) is 14.6. The summed E-state index contributed by atoms with van der Waals surface area (Å²) in [7, 11) is 6.31. The van der Waals surface area contributed by atoms with Crippen LogP contribution in [0.2, 0.25) is 0 Å². The maximum Gasteiger partial charge on any atom is 0.135 e. The molecule has 0 amide bonds. The molecule has 0 saturated heterocycles. The molecule has 0 atom stereocenters. The Bertz CT molecular complexity index is 895. The van der Waals surface area contributed by atoms with Gasteiger partial charge in [-0.1, -0.05) is 18.2 Å². The van der Waals surface area contributed by atoms with Crippen LogP contribution in [0, 0.1) is 0 Å². The minimum atomic E-state index is 0.0797. The highest BCUT2D eigenvalue weighted by Gasteiger charge is 2.21. The molecule has 1 N–H and O–H groups in total.